The number of thiophene rings is 1. The van der Waals surface area contributed by atoms with Gasteiger partial charge in [0.05, 0.1) is 0 Å². The normalized spacial score (nSPS) is 12.6. The average Bonchev–Trinajstić information content (AvgIpc) is 3.22. The summed E-state index contributed by atoms with van der Waals surface area (Å²) in [6, 6.07) is 17.6. The fraction of sp³-hybridized carbons (Fsp3) is 0.304. The SMILES string of the molecule is CCCNC(=O)c1cccc(CNC(=NC)NCC(O)c2cc3ccccc3s2)c1. The number of guanidine groups is 1. The van der Waals surface area contributed by atoms with Crippen LogP contribution in [0.2, 0.25) is 0 Å². The van der Waals surface area contributed by atoms with Crippen LogP contribution in [0.1, 0.15) is 40.2 Å². The lowest BCUT2D eigenvalue weighted by molar-refractivity contribution is 0.0953. The van der Waals surface area contributed by atoms with Gasteiger partial charge in [-0.1, -0.05) is 37.3 Å². The molecule has 0 saturated heterocycles. The fourth-order valence-corrected chi connectivity index (χ4v) is 4.08. The van der Waals surface area contributed by atoms with Crippen LogP contribution < -0.4 is 16.0 Å². The predicted molar refractivity (Wildman–Crippen MR) is 124 cm³/mol. The quantitative estimate of drug-likeness (QED) is 0.330. The van der Waals surface area contributed by atoms with Gasteiger partial charge in [0.15, 0.2) is 5.96 Å². The molecular weight excluding hydrogens is 396 g/mol. The van der Waals surface area contributed by atoms with Crippen molar-refractivity contribution >= 4 is 33.3 Å². The number of aliphatic imine (C=N–C) groups is 1. The van der Waals surface area contributed by atoms with Crippen molar-refractivity contribution in [2.45, 2.75) is 26.0 Å². The summed E-state index contributed by atoms with van der Waals surface area (Å²) in [5.41, 5.74) is 1.62. The van der Waals surface area contributed by atoms with E-state index in [4.69, 9.17) is 0 Å². The molecule has 1 aromatic heterocycles. The summed E-state index contributed by atoms with van der Waals surface area (Å²) in [5, 5.41) is 21.0. The van der Waals surface area contributed by atoms with Crippen molar-refractivity contribution in [3.63, 3.8) is 0 Å². The number of hydrogen-bond acceptors (Lipinski definition) is 4. The van der Waals surface area contributed by atoms with Gasteiger partial charge in [0.1, 0.15) is 6.10 Å². The molecule has 0 spiro atoms. The minimum Gasteiger partial charge on any atom is -0.386 e. The molecule has 158 valence electrons. The smallest absolute Gasteiger partial charge is 0.251 e. The Morgan fingerprint density at radius 2 is 1.93 bits per heavy atom. The summed E-state index contributed by atoms with van der Waals surface area (Å²) in [6.07, 6.45) is 0.286. The molecule has 2 aromatic carbocycles. The first-order valence-electron chi connectivity index (χ1n) is 10.1. The molecule has 1 amide bonds. The third kappa shape index (κ3) is 5.81. The van der Waals surface area contributed by atoms with Crippen LogP contribution in [0.5, 0.6) is 0 Å². The molecule has 0 aliphatic rings. The number of amides is 1. The molecule has 30 heavy (non-hydrogen) atoms. The standard InChI is InChI=1S/C23H28N4O2S/c1-3-11-25-22(29)18-9-6-7-16(12-18)14-26-23(24-2)27-15-19(28)21-13-17-8-4-5-10-20(17)30-21/h4-10,12-13,19,28H,3,11,14-15H2,1-2H3,(H,25,29)(H2,24,26,27). The van der Waals surface area contributed by atoms with E-state index in [1.807, 2.05) is 55.5 Å². The third-order valence-electron chi connectivity index (χ3n) is 4.64. The highest BCUT2D eigenvalue weighted by atomic mass is 32.1. The highest BCUT2D eigenvalue weighted by molar-refractivity contribution is 7.19. The van der Waals surface area contributed by atoms with Gasteiger partial charge in [-0.25, -0.2) is 0 Å². The van der Waals surface area contributed by atoms with Gasteiger partial charge in [0, 0.05) is 41.8 Å². The second kappa shape index (κ2) is 10.8. The van der Waals surface area contributed by atoms with Crippen LogP contribution in [0, 0.1) is 0 Å². The van der Waals surface area contributed by atoms with E-state index in [9.17, 15) is 9.90 Å². The molecule has 0 bridgehead atoms. The minimum atomic E-state index is -0.619. The number of carbonyl (C=O) groups is 1. The van der Waals surface area contributed by atoms with E-state index in [0.717, 1.165) is 26.9 Å². The Kier molecular flexibility index (Phi) is 7.82. The Morgan fingerprint density at radius 3 is 2.70 bits per heavy atom. The summed E-state index contributed by atoms with van der Waals surface area (Å²) in [4.78, 5) is 17.3. The zero-order chi connectivity index (χ0) is 21.3. The number of nitrogens with zero attached hydrogens (tertiary/aromatic N) is 1. The van der Waals surface area contributed by atoms with Crippen molar-refractivity contribution in [2.24, 2.45) is 4.99 Å². The van der Waals surface area contributed by atoms with Crippen molar-refractivity contribution in [3.05, 3.63) is 70.6 Å². The maximum Gasteiger partial charge on any atom is 0.251 e. The minimum absolute atomic E-state index is 0.0623. The molecule has 4 N–H and O–H groups in total. The summed E-state index contributed by atoms with van der Waals surface area (Å²) < 4.78 is 1.16. The number of carbonyl (C=O) groups excluding carboxylic acids is 1. The molecule has 6 nitrogen and oxygen atoms in total. The lowest BCUT2D eigenvalue weighted by atomic mass is 10.1. The van der Waals surface area contributed by atoms with Crippen LogP contribution >= 0.6 is 11.3 Å². The van der Waals surface area contributed by atoms with E-state index < -0.39 is 6.10 Å². The van der Waals surface area contributed by atoms with E-state index in [1.54, 1.807) is 18.4 Å². The Hall–Kier alpha value is -2.90. The molecule has 3 rings (SSSR count). The van der Waals surface area contributed by atoms with Gasteiger partial charge < -0.3 is 21.1 Å². The molecule has 7 heteroatoms. The van der Waals surface area contributed by atoms with Crippen molar-refractivity contribution in [2.75, 3.05) is 20.1 Å². The maximum absolute atomic E-state index is 12.1. The maximum atomic E-state index is 12.1. The second-order valence-corrected chi connectivity index (χ2v) is 8.08. The molecule has 1 unspecified atom stereocenters. The Balaban J connectivity index is 1.53. The molecule has 3 aromatic rings. The molecule has 0 fully saturated rings. The lowest BCUT2D eigenvalue weighted by Gasteiger charge is -2.15. The largest absolute Gasteiger partial charge is 0.386 e. The zero-order valence-electron chi connectivity index (χ0n) is 17.3. The number of fused-ring (bicyclic) bond motifs is 1. The first-order chi connectivity index (χ1) is 14.6. The van der Waals surface area contributed by atoms with E-state index in [2.05, 4.69) is 27.0 Å². The number of aliphatic hydroxyl groups excluding tert-OH is 1. The van der Waals surface area contributed by atoms with Gasteiger partial charge in [-0.05, 0) is 41.6 Å². The summed E-state index contributed by atoms with van der Waals surface area (Å²) >= 11 is 1.60. The van der Waals surface area contributed by atoms with Crippen LogP contribution in [-0.4, -0.2) is 37.1 Å². The summed E-state index contributed by atoms with van der Waals surface area (Å²) in [7, 11) is 1.69. The van der Waals surface area contributed by atoms with Gasteiger partial charge in [-0.15, -0.1) is 11.3 Å². The summed E-state index contributed by atoms with van der Waals surface area (Å²) in [5.74, 6) is 0.531. The second-order valence-electron chi connectivity index (χ2n) is 6.97. The van der Waals surface area contributed by atoms with Crippen molar-refractivity contribution in [3.8, 4) is 0 Å². The Labute approximate surface area is 181 Å². The van der Waals surface area contributed by atoms with Crippen LogP contribution in [0.4, 0.5) is 0 Å². The summed E-state index contributed by atoms with van der Waals surface area (Å²) in [6.45, 7) is 3.57. The van der Waals surface area contributed by atoms with Gasteiger partial charge in [0.25, 0.3) is 5.91 Å². The topological polar surface area (TPSA) is 85.8 Å². The molecule has 0 radical (unpaired) electrons. The zero-order valence-corrected chi connectivity index (χ0v) is 18.1. The van der Waals surface area contributed by atoms with Crippen LogP contribution in [0.3, 0.4) is 0 Å². The van der Waals surface area contributed by atoms with Gasteiger partial charge in [-0.2, -0.15) is 0 Å². The Morgan fingerprint density at radius 1 is 1.10 bits per heavy atom. The molecule has 1 atom stereocenters. The molecule has 0 aliphatic heterocycles. The number of aliphatic hydroxyl groups is 1. The van der Waals surface area contributed by atoms with E-state index in [0.29, 0.717) is 31.2 Å². The van der Waals surface area contributed by atoms with E-state index in [-0.39, 0.29) is 5.91 Å². The highest BCUT2D eigenvalue weighted by Gasteiger charge is 2.12. The van der Waals surface area contributed by atoms with E-state index in [1.165, 1.54) is 0 Å². The predicted octanol–water partition coefficient (Wildman–Crippen LogP) is 3.44. The first-order valence-corrected chi connectivity index (χ1v) is 10.9. The van der Waals surface area contributed by atoms with Gasteiger partial charge in [-0.3, -0.25) is 9.79 Å². The highest BCUT2D eigenvalue weighted by Crippen LogP contribution is 2.29. The third-order valence-corrected chi connectivity index (χ3v) is 5.86. The first kappa shape index (κ1) is 21.8. The van der Waals surface area contributed by atoms with E-state index >= 15 is 0 Å². The average molecular weight is 425 g/mol. The fourth-order valence-electron chi connectivity index (χ4n) is 3.03. The monoisotopic (exact) mass is 424 g/mol. The van der Waals surface area contributed by atoms with Crippen molar-refractivity contribution in [1.82, 2.24) is 16.0 Å². The van der Waals surface area contributed by atoms with Crippen LogP contribution in [0.25, 0.3) is 10.1 Å². The molecular formula is C23H28N4O2S. The van der Waals surface area contributed by atoms with Gasteiger partial charge in [0.2, 0.25) is 0 Å². The van der Waals surface area contributed by atoms with Crippen molar-refractivity contribution < 1.29 is 9.90 Å². The molecule has 1 heterocycles. The Bertz CT molecular complexity index is 982. The molecule has 0 saturated carbocycles. The lowest BCUT2D eigenvalue weighted by Crippen LogP contribution is -2.38. The number of nitrogens with one attached hydrogen (secondary N) is 3. The van der Waals surface area contributed by atoms with Crippen molar-refractivity contribution in [1.29, 1.82) is 0 Å². The number of hydrogen-bond donors (Lipinski definition) is 4. The van der Waals surface area contributed by atoms with Gasteiger partial charge >= 0.3 is 0 Å². The number of benzene rings is 2. The molecule has 0 aliphatic carbocycles. The number of rotatable bonds is 8. The van der Waals surface area contributed by atoms with Crippen LogP contribution in [0.15, 0.2) is 59.6 Å². The van der Waals surface area contributed by atoms with Crippen LogP contribution in [-0.2, 0) is 6.54 Å².